The van der Waals surface area contributed by atoms with Gasteiger partial charge in [0.15, 0.2) is 0 Å². The number of ether oxygens (including phenoxy) is 1. The van der Waals surface area contributed by atoms with E-state index in [0.717, 1.165) is 38.3 Å². The summed E-state index contributed by atoms with van der Waals surface area (Å²) in [5.74, 6) is -1.61. The van der Waals surface area contributed by atoms with E-state index in [1.54, 1.807) is 9.58 Å². The van der Waals surface area contributed by atoms with Crippen LogP contribution in [0.5, 0.6) is 5.75 Å². The molecule has 0 N–H and O–H groups in total. The van der Waals surface area contributed by atoms with Crippen molar-refractivity contribution in [2.24, 2.45) is 7.05 Å². The fraction of sp³-hybridized carbons (Fsp3) is 0.188. The third-order valence-corrected chi connectivity index (χ3v) is 8.92. The van der Waals surface area contributed by atoms with Crippen molar-refractivity contribution in [1.29, 1.82) is 0 Å². The molecule has 0 saturated carbocycles. The third kappa shape index (κ3) is 4.30. The van der Waals surface area contributed by atoms with Crippen LogP contribution in [0.3, 0.4) is 0 Å². The van der Waals surface area contributed by atoms with Crippen molar-refractivity contribution in [3.05, 3.63) is 84.0 Å². The number of aromatic nitrogens is 5. The number of halogens is 2. The number of hydrogen-bond acceptors (Lipinski definition) is 6. The Balaban J connectivity index is 1.52. The van der Waals surface area contributed by atoms with Gasteiger partial charge in [-0.05, 0) is 36.6 Å². The molecule has 1 atom stereocenters. The highest BCUT2D eigenvalue weighted by molar-refractivity contribution is 7.18. The number of thiophene rings is 1. The first-order chi connectivity index (χ1) is 20.8. The molecule has 43 heavy (non-hydrogen) atoms. The van der Waals surface area contributed by atoms with E-state index in [2.05, 4.69) is 11.7 Å². The highest BCUT2D eigenvalue weighted by atomic mass is 32.1. The van der Waals surface area contributed by atoms with Crippen LogP contribution in [0.15, 0.2) is 66.7 Å². The average Bonchev–Trinajstić information content (AvgIpc) is 3.74. The van der Waals surface area contributed by atoms with Crippen LogP contribution in [0.4, 0.5) is 8.78 Å². The lowest BCUT2D eigenvalue weighted by Gasteiger charge is -2.33. The molecule has 8 nitrogen and oxygen atoms in total. The van der Waals surface area contributed by atoms with Crippen LogP contribution in [0.25, 0.3) is 54.8 Å². The number of pyridine rings is 1. The smallest absolute Gasteiger partial charge is 0.246 e. The van der Waals surface area contributed by atoms with Crippen molar-refractivity contribution >= 4 is 38.2 Å². The molecule has 7 rings (SSSR count). The molecule has 0 unspecified atom stereocenters. The zero-order valence-corrected chi connectivity index (χ0v) is 24.5. The van der Waals surface area contributed by atoms with E-state index in [-0.39, 0.29) is 23.3 Å². The molecule has 11 heteroatoms. The van der Waals surface area contributed by atoms with Gasteiger partial charge in [0.25, 0.3) is 0 Å². The summed E-state index contributed by atoms with van der Waals surface area (Å²) in [4.78, 5) is 19.4. The lowest BCUT2D eigenvalue weighted by atomic mass is 9.96. The van der Waals surface area contributed by atoms with Gasteiger partial charge in [-0.15, -0.1) is 11.3 Å². The molecule has 0 radical (unpaired) electrons. The van der Waals surface area contributed by atoms with Crippen LogP contribution in [0, 0.1) is 11.6 Å². The lowest BCUT2D eigenvalue weighted by Crippen LogP contribution is -2.44. The number of amides is 1. The minimum Gasteiger partial charge on any atom is -0.496 e. The number of aryl methyl sites for hydroxylation is 1. The molecule has 1 amide bonds. The number of fused-ring (bicyclic) bond motifs is 3. The Bertz CT molecular complexity index is 2090. The van der Waals surface area contributed by atoms with Crippen molar-refractivity contribution in [2.45, 2.75) is 26.1 Å². The van der Waals surface area contributed by atoms with E-state index in [4.69, 9.17) is 14.8 Å². The van der Waals surface area contributed by atoms with E-state index >= 15 is 4.39 Å². The Morgan fingerprint density at radius 2 is 1.98 bits per heavy atom. The van der Waals surface area contributed by atoms with Crippen LogP contribution >= 0.6 is 11.3 Å². The molecule has 0 bridgehead atoms. The van der Waals surface area contributed by atoms with Gasteiger partial charge in [0.1, 0.15) is 28.8 Å². The molecular formula is C32H26F2N6O2S. The zero-order valence-electron chi connectivity index (χ0n) is 23.6. The summed E-state index contributed by atoms with van der Waals surface area (Å²) < 4.78 is 40.0. The molecular weight excluding hydrogens is 570 g/mol. The minimum absolute atomic E-state index is 0.0552. The fourth-order valence-corrected chi connectivity index (χ4v) is 6.80. The number of carbonyl (C=O) groups is 1. The van der Waals surface area contributed by atoms with Gasteiger partial charge in [0.2, 0.25) is 5.91 Å². The first kappa shape index (κ1) is 27.0. The Hall–Kier alpha value is -4.90. The number of rotatable bonds is 5. The second kappa shape index (κ2) is 10.1. The number of methoxy groups -OCH3 is 1. The molecule has 0 aliphatic carbocycles. The van der Waals surface area contributed by atoms with Crippen molar-refractivity contribution in [3.8, 4) is 39.5 Å². The maximum Gasteiger partial charge on any atom is 0.246 e. The number of benzene rings is 2. The van der Waals surface area contributed by atoms with Gasteiger partial charge in [-0.1, -0.05) is 18.7 Å². The number of carbonyl (C=O) groups excluding carboxylic acids is 1. The van der Waals surface area contributed by atoms with E-state index < -0.39 is 11.6 Å². The van der Waals surface area contributed by atoms with Crippen molar-refractivity contribution in [2.75, 3.05) is 7.11 Å². The van der Waals surface area contributed by atoms with Crippen LogP contribution in [0.2, 0.25) is 0 Å². The lowest BCUT2D eigenvalue weighted by molar-refractivity contribution is -0.129. The van der Waals surface area contributed by atoms with Crippen LogP contribution in [-0.4, -0.2) is 48.5 Å². The SMILES string of the molecule is C=CC(=O)N1Cc2cc(-c3nc(-c4ccc5cnn(C)c5c4)c4ccsc4c3-c3c(F)cc(F)cc3OC)nn2C[C@H]1C. The molecule has 216 valence electrons. The minimum atomic E-state index is -0.765. The standard InChI is InChI=1S/C32H26F2N6O2S/c1-5-27(41)39-16-21-13-24(37-40(21)15-17(39)2)31-29(28-23(34)11-20(33)12-26(28)42-4)32-22(8-9-43-32)30(36-31)18-6-7-19-14-35-38(3)25(19)10-18/h5-14,17H,1,15-16H2,2-4H3/t17-/m1/s1. The number of hydrogen-bond donors (Lipinski definition) is 0. The van der Waals surface area contributed by atoms with E-state index in [0.29, 0.717) is 35.7 Å². The Morgan fingerprint density at radius 1 is 1.14 bits per heavy atom. The summed E-state index contributed by atoms with van der Waals surface area (Å²) in [6.07, 6.45) is 3.12. The van der Waals surface area contributed by atoms with Gasteiger partial charge in [-0.25, -0.2) is 13.8 Å². The van der Waals surface area contributed by atoms with Crippen LogP contribution < -0.4 is 4.74 Å². The predicted octanol–water partition coefficient (Wildman–Crippen LogP) is 6.58. The molecule has 0 saturated heterocycles. The van der Waals surface area contributed by atoms with Crippen molar-refractivity contribution in [3.63, 3.8) is 0 Å². The quantitative estimate of drug-likeness (QED) is 0.210. The van der Waals surface area contributed by atoms with Gasteiger partial charge < -0.3 is 9.64 Å². The molecule has 0 fully saturated rings. The largest absolute Gasteiger partial charge is 0.496 e. The summed E-state index contributed by atoms with van der Waals surface area (Å²) in [7, 11) is 3.27. The topological polar surface area (TPSA) is 78.1 Å². The van der Waals surface area contributed by atoms with Crippen molar-refractivity contribution in [1.82, 2.24) is 29.4 Å². The van der Waals surface area contributed by atoms with Crippen molar-refractivity contribution < 1.29 is 18.3 Å². The highest BCUT2D eigenvalue weighted by Crippen LogP contribution is 2.47. The van der Waals surface area contributed by atoms with E-state index in [1.165, 1.54) is 30.6 Å². The Morgan fingerprint density at radius 3 is 2.77 bits per heavy atom. The summed E-state index contributed by atoms with van der Waals surface area (Å²) in [5.41, 5.74) is 4.82. The molecule has 0 spiro atoms. The first-order valence-corrected chi connectivity index (χ1v) is 14.5. The molecule has 4 aromatic heterocycles. The molecule has 1 aliphatic rings. The summed E-state index contributed by atoms with van der Waals surface area (Å²) in [6.45, 7) is 6.41. The fourth-order valence-electron chi connectivity index (χ4n) is 5.86. The maximum atomic E-state index is 15.7. The predicted molar refractivity (Wildman–Crippen MR) is 163 cm³/mol. The van der Waals surface area contributed by atoms with E-state index in [9.17, 15) is 9.18 Å². The second-order valence-electron chi connectivity index (χ2n) is 10.6. The third-order valence-electron chi connectivity index (χ3n) is 7.98. The molecule has 1 aliphatic heterocycles. The summed E-state index contributed by atoms with van der Waals surface area (Å²) in [6, 6.07) is 11.8. The van der Waals surface area contributed by atoms with Gasteiger partial charge >= 0.3 is 0 Å². The normalized spacial score (nSPS) is 14.8. The van der Waals surface area contributed by atoms with Gasteiger partial charge in [0, 0.05) is 51.8 Å². The van der Waals surface area contributed by atoms with Gasteiger partial charge in [0.05, 0.1) is 48.9 Å². The first-order valence-electron chi connectivity index (χ1n) is 13.6. The van der Waals surface area contributed by atoms with Gasteiger partial charge in [-0.2, -0.15) is 10.2 Å². The highest BCUT2D eigenvalue weighted by Gasteiger charge is 2.30. The Labute approximate surface area is 249 Å². The molecule has 5 heterocycles. The van der Waals surface area contributed by atoms with Crippen LogP contribution in [0.1, 0.15) is 12.6 Å². The van der Waals surface area contributed by atoms with E-state index in [1.807, 2.05) is 60.6 Å². The summed E-state index contributed by atoms with van der Waals surface area (Å²) >= 11 is 1.44. The summed E-state index contributed by atoms with van der Waals surface area (Å²) in [5, 5.41) is 13.0. The monoisotopic (exact) mass is 596 g/mol. The average molecular weight is 597 g/mol. The second-order valence-corrected chi connectivity index (χ2v) is 11.5. The Kier molecular flexibility index (Phi) is 6.35. The molecule has 2 aromatic carbocycles. The van der Waals surface area contributed by atoms with Crippen LogP contribution in [-0.2, 0) is 24.9 Å². The number of nitrogens with zero attached hydrogens (tertiary/aromatic N) is 6. The van der Waals surface area contributed by atoms with Gasteiger partial charge in [-0.3, -0.25) is 14.2 Å². The molecule has 6 aromatic rings. The zero-order chi connectivity index (χ0) is 30.0. The maximum absolute atomic E-state index is 15.7.